The summed E-state index contributed by atoms with van der Waals surface area (Å²) in [7, 11) is 0. The molecule has 1 aromatic heterocycles. The van der Waals surface area contributed by atoms with Crippen molar-refractivity contribution in [2.45, 2.75) is 0 Å². The average Bonchev–Trinajstić information content (AvgIpc) is 2.75. The van der Waals surface area contributed by atoms with Crippen molar-refractivity contribution in [1.82, 2.24) is 9.97 Å². The molecule has 0 amide bonds. The molecule has 84 valence electrons. The second kappa shape index (κ2) is 4.31. The quantitative estimate of drug-likeness (QED) is 0.641. The summed E-state index contributed by atoms with van der Waals surface area (Å²) in [4.78, 5) is 7.87. The summed E-state index contributed by atoms with van der Waals surface area (Å²) in [5.74, 6) is 0.859. The lowest BCUT2D eigenvalue weighted by atomic mass is 10.2. The molecule has 0 saturated carbocycles. The molecule has 2 nitrogen and oxygen atoms in total. The maximum Gasteiger partial charge on any atom is 0.139 e. The van der Waals surface area contributed by atoms with Crippen molar-refractivity contribution in [3.8, 4) is 11.4 Å². The summed E-state index contributed by atoms with van der Waals surface area (Å²) in [5, 5.41) is 0.723. The average molecular weight is 355 g/mol. The fourth-order valence-corrected chi connectivity index (χ4v) is 2.52. The second-order valence-corrected chi connectivity index (χ2v) is 5.33. The first-order valence-electron chi connectivity index (χ1n) is 5.14. The molecular weight excluding hydrogens is 347 g/mol. The molecule has 0 unspecified atom stereocenters. The Kier molecular flexibility index (Phi) is 2.80. The molecule has 0 spiro atoms. The van der Waals surface area contributed by atoms with E-state index in [2.05, 4.69) is 32.6 Å². The largest absolute Gasteiger partial charge is 0.338 e. The van der Waals surface area contributed by atoms with Gasteiger partial charge in [0.05, 0.1) is 11.0 Å². The number of H-pyrrole nitrogens is 1. The van der Waals surface area contributed by atoms with Crippen molar-refractivity contribution in [3.05, 3.63) is 51.1 Å². The highest BCUT2D eigenvalue weighted by Gasteiger charge is 2.08. The predicted molar refractivity (Wildman–Crippen MR) is 79.3 cm³/mol. The van der Waals surface area contributed by atoms with Crippen LogP contribution in [0.4, 0.5) is 0 Å². The van der Waals surface area contributed by atoms with Crippen LogP contribution in [0, 0.1) is 3.57 Å². The number of imidazole rings is 1. The Morgan fingerprint density at radius 3 is 2.76 bits per heavy atom. The standard InChI is InChI=1S/C13H8ClIN2/c14-8-5-6-10(15)9(7-8)13-16-11-3-1-2-4-12(11)17-13/h1-7H,(H,16,17). The van der Waals surface area contributed by atoms with Gasteiger partial charge in [0.1, 0.15) is 5.82 Å². The highest BCUT2D eigenvalue weighted by atomic mass is 127. The van der Waals surface area contributed by atoms with Gasteiger partial charge in [0, 0.05) is 14.2 Å². The first-order valence-corrected chi connectivity index (χ1v) is 6.60. The molecule has 0 fully saturated rings. The van der Waals surface area contributed by atoms with Crippen LogP contribution in [0.25, 0.3) is 22.4 Å². The van der Waals surface area contributed by atoms with Crippen molar-refractivity contribution >= 4 is 45.2 Å². The van der Waals surface area contributed by atoms with Crippen LogP contribution in [0.15, 0.2) is 42.5 Å². The minimum absolute atomic E-state index is 0.723. The van der Waals surface area contributed by atoms with Gasteiger partial charge in [-0.05, 0) is 52.9 Å². The third-order valence-electron chi connectivity index (χ3n) is 2.57. The van der Waals surface area contributed by atoms with Crippen LogP contribution >= 0.6 is 34.2 Å². The molecule has 4 heteroatoms. The molecule has 0 aliphatic heterocycles. The van der Waals surface area contributed by atoms with Crippen molar-refractivity contribution in [1.29, 1.82) is 0 Å². The van der Waals surface area contributed by atoms with Gasteiger partial charge in [-0.3, -0.25) is 0 Å². The van der Waals surface area contributed by atoms with E-state index < -0.39 is 0 Å². The monoisotopic (exact) mass is 354 g/mol. The number of nitrogens with one attached hydrogen (secondary N) is 1. The van der Waals surface area contributed by atoms with E-state index in [9.17, 15) is 0 Å². The molecule has 0 atom stereocenters. The van der Waals surface area contributed by atoms with Gasteiger partial charge in [-0.2, -0.15) is 0 Å². The number of hydrogen-bond donors (Lipinski definition) is 1. The molecule has 0 radical (unpaired) electrons. The van der Waals surface area contributed by atoms with Crippen molar-refractivity contribution in [3.63, 3.8) is 0 Å². The number of nitrogens with zero attached hydrogens (tertiary/aromatic N) is 1. The van der Waals surface area contributed by atoms with Gasteiger partial charge in [0.15, 0.2) is 0 Å². The SMILES string of the molecule is Clc1ccc(I)c(-c2nc3ccccc3[nH]2)c1. The smallest absolute Gasteiger partial charge is 0.139 e. The molecule has 1 heterocycles. The van der Waals surface area contributed by atoms with Crippen molar-refractivity contribution < 1.29 is 0 Å². The Bertz CT molecular complexity index is 658. The van der Waals surface area contributed by atoms with Gasteiger partial charge in [0.2, 0.25) is 0 Å². The number of fused-ring (bicyclic) bond motifs is 1. The number of benzene rings is 2. The maximum atomic E-state index is 6.02. The molecular formula is C13H8ClIN2. The van der Waals surface area contributed by atoms with Crippen LogP contribution in [0.1, 0.15) is 0 Å². The fraction of sp³-hybridized carbons (Fsp3) is 0. The van der Waals surface area contributed by atoms with Crippen LogP contribution in [-0.2, 0) is 0 Å². The Labute approximate surface area is 117 Å². The molecule has 0 bridgehead atoms. The van der Waals surface area contributed by atoms with E-state index in [0.717, 1.165) is 31.0 Å². The number of aromatic nitrogens is 2. The zero-order valence-electron chi connectivity index (χ0n) is 8.74. The highest BCUT2D eigenvalue weighted by molar-refractivity contribution is 14.1. The zero-order chi connectivity index (χ0) is 11.8. The Balaban J connectivity index is 2.23. The zero-order valence-corrected chi connectivity index (χ0v) is 11.7. The molecule has 3 aromatic rings. The summed E-state index contributed by atoms with van der Waals surface area (Å²) < 4.78 is 1.13. The number of aromatic amines is 1. The molecule has 17 heavy (non-hydrogen) atoms. The van der Waals surface area contributed by atoms with Crippen LogP contribution in [0.5, 0.6) is 0 Å². The van der Waals surface area contributed by atoms with Gasteiger partial charge in [-0.25, -0.2) is 4.98 Å². The number of rotatable bonds is 1. The summed E-state index contributed by atoms with van der Waals surface area (Å²) in [6, 6.07) is 13.8. The molecule has 0 aliphatic rings. The molecule has 2 aromatic carbocycles. The number of hydrogen-bond acceptors (Lipinski definition) is 1. The molecule has 3 rings (SSSR count). The summed E-state index contributed by atoms with van der Waals surface area (Å²) >= 11 is 8.31. The lowest BCUT2D eigenvalue weighted by Crippen LogP contribution is -1.84. The van der Waals surface area contributed by atoms with E-state index in [1.54, 1.807) is 0 Å². The summed E-state index contributed by atoms with van der Waals surface area (Å²) in [6.45, 7) is 0. The lowest BCUT2D eigenvalue weighted by molar-refractivity contribution is 1.33. The van der Waals surface area contributed by atoms with Crippen LogP contribution in [-0.4, -0.2) is 9.97 Å². The fourth-order valence-electron chi connectivity index (χ4n) is 1.76. The lowest BCUT2D eigenvalue weighted by Gasteiger charge is -2.00. The number of halogens is 2. The van der Waals surface area contributed by atoms with Gasteiger partial charge < -0.3 is 4.98 Å². The molecule has 1 N–H and O–H groups in total. The minimum Gasteiger partial charge on any atom is -0.338 e. The van der Waals surface area contributed by atoms with Crippen LogP contribution in [0.2, 0.25) is 5.02 Å². The van der Waals surface area contributed by atoms with Gasteiger partial charge in [0.25, 0.3) is 0 Å². The van der Waals surface area contributed by atoms with Gasteiger partial charge in [-0.15, -0.1) is 0 Å². The normalized spacial score (nSPS) is 10.9. The van der Waals surface area contributed by atoms with Crippen molar-refractivity contribution in [2.75, 3.05) is 0 Å². The summed E-state index contributed by atoms with van der Waals surface area (Å²) in [5.41, 5.74) is 3.05. The molecule has 0 aliphatic carbocycles. The first kappa shape index (κ1) is 11.0. The van der Waals surface area contributed by atoms with E-state index in [0.29, 0.717) is 0 Å². The van der Waals surface area contributed by atoms with Gasteiger partial charge in [-0.1, -0.05) is 23.7 Å². The van der Waals surface area contributed by atoms with Crippen LogP contribution < -0.4 is 0 Å². The van der Waals surface area contributed by atoms with E-state index in [4.69, 9.17) is 11.6 Å². The highest BCUT2D eigenvalue weighted by Crippen LogP contribution is 2.27. The molecule has 0 saturated heterocycles. The number of para-hydroxylation sites is 2. The third-order valence-corrected chi connectivity index (χ3v) is 3.75. The maximum absolute atomic E-state index is 6.02. The van der Waals surface area contributed by atoms with E-state index in [1.165, 1.54) is 0 Å². The second-order valence-electron chi connectivity index (χ2n) is 3.73. The predicted octanol–water partition coefficient (Wildman–Crippen LogP) is 4.49. The Hall–Kier alpha value is -1.07. The van der Waals surface area contributed by atoms with E-state index in [-0.39, 0.29) is 0 Å². The Morgan fingerprint density at radius 2 is 1.94 bits per heavy atom. The topological polar surface area (TPSA) is 28.7 Å². The Morgan fingerprint density at radius 1 is 1.12 bits per heavy atom. The first-order chi connectivity index (χ1) is 8.24. The third kappa shape index (κ3) is 2.05. The summed E-state index contributed by atoms with van der Waals surface area (Å²) in [6.07, 6.45) is 0. The van der Waals surface area contributed by atoms with Gasteiger partial charge >= 0.3 is 0 Å². The van der Waals surface area contributed by atoms with Crippen molar-refractivity contribution in [2.24, 2.45) is 0 Å². The van der Waals surface area contributed by atoms with E-state index >= 15 is 0 Å². The van der Waals surface area contributed by atoms with E-state index in [1.807, 2.05) is 42.5 Å². The minimum atomic E-state index is 0.723. The van der Waals surface area contributed by atoms with Crippen LogP contribution in [0.3, 0.4) is 0 Å².